The molecule has 2 atom stereocenters. The number of thioether (sulfide) groups is 2. The molecule has 1 aliphatic heterocycles. The summed E-state index contributed by atoms with van der Waals surface area (Å²) in [6.07, 6.45) is 7.78. The van der Waals surface area contributed by atoms with Crippen LogP contribution in [0.2, 0.25) is 0 Å². The number of benzene rings is 2. The van der Waals surface area contributed by atoms with Gasteiger partial charge in [-0.1, -0.05) is 68.1 Å². The third-order valence-electron chi connectivity index (χ3n) is 6.77. The van der Waals surface area contributed by atoms with Crippen molar-refractivity contribution in [3.63, 3.8) is 0 Å². The van der Waals surface area contributed by atoms with Crippen LogP contribution in [0, 0.1) is 12.8 Å². The Morgan fingerprint density at radius 2 is 1.85 bits per heavy atom. The number of hydrogen-bond donors (Lipinski definition) is 1. The van der Waals surface area contributed by atoms with Gasteiger partial charge in [0.25, 0.3) is 0 Å². The van der Waals surface area contributed by atoms with Crippen LogP contribution in [0.5, 0.6) is 0 Å². The summed E-state index contributed by atoms with van der Waals surface area (Å²) in [5.74, 6) is 0.689. The number of rotatable bonds is 9. The molecule has 1 N–H and O–H groups in total. The van der Waals surface area contributed by atoms with Crippen molar-refractivity contribution >= 4 is 41.0 Å². The third kappa shape index (κ3) is 6.39. The molecule has 1 saturated carbocycles. The first-order valence-electron chi connectivity index (χ1n) is 12.5. The fraction of sp³-hybridized carbons (Fsp3) is 0.500. The van der Waals surface area contributed by atoms with Gasteiger partial charge >= 0.3 is 0 Å². The maximum Gasteiger partial charge on any atom is 0.241 e. The molecule has 1 fully saturated rings. The molecule has 4 rings (SSSR count). The van der Waals surface area contributed by atoms with Gasteiger partial charge in [-0.15, -0.1) is 11.8 Å². The lowest BCUT2D eigenvalue weighted by atomic mass is 10.0. The molecule has 2 aromatic rings. The molecular weight excluding hydrogens is 460 g/mol. The average molecular weight is 497 g/mol. The van der Waals surface area contributed by atoms with Gasteiger partial charge in [0.05, 0.1) is 18.2 Å². The molecule has 34 heavy (non-hydrogen) atoms. The van der Waals surface area contributed by atoms with Crippen molar-refractivity contribution < 1.29 is 9.59 Å². The van der Waals surface area contributed by atoms with E-state index < -0.39 is 11.2 Å². The number of hydrogen-bond acceptors (Lipinski definition) is 4. The van der Waals surface area contributed by atoms with Crippen molar-refractivity contribution in [3.8, 4) is 0 Å². The molecule has 4 nitrogen and oxygen atoms in total. The van der Waals surface area contributed by atoms with E-state index in [1.807, 2.05) is 30.0 Å². The second-order valence-electron chi connectivity index (χ2n) is 9.48. The van der Waals surface area contributed by atoms with Crippen LogP contribution in [0.25, 0.3) is 0 Å². The Labute approximate surface area is 212 Å². The SMILES string of the molecule is Cc1ccc(CN2C(=O)C(C(C)C(=O)NCCCSC3CCCCC3)Sc3ccccc32)cc1. The second kappa shape index (κ2) is 12.2. The Bertz CT molecular complexity index is 973. The zero-order valence-corrected chi connectivity index (χ0v) is 21.9. The average Bonchev–Trinajstić information content (AvgIpc) is 2.86. The number of carbonyl (C=O) groups is 2. The summed E-state index contributed by atoms with van der Waals surface area (Å²) in [5.41, 5.74) is 3.22. The predicted octanol–water partition coefficient (Wildman–Crippen LogP) is 6.21. The minimum absolute atomic E-state index is 0.0137. The van der Waals surface area contributed by atoms with E-state index in [-0.39, 0.29) is 11.8 Å². The Balaban J connectivity index is 1.35. The number of amides is 2. The van der Waals surface area contributed by atoms with Crippen LogP contribution in [0.15, 0.2) is 53.4 Å². The van der Waals surface area contributed by atoms with Crippen LogP contribution in [0.3, 0.4) is 0 Å². The summed E-state index contributed by atoms with van der Waals surface area (Å²) in [7, 11) is 0. The van der Waals surface area contributed by atoms with Crippen molar-refractivity contribution in [2.24, 2.45) is 5.92 Å². The van der Waals surface area contributed by atoms with E-state index >= 15 is 0 Å². The molecule has 0 aromatic heterocycles. The van der Waals surface area contributed by atoms with Gasteiger partial charge in [0.15, 0.2) is 0 Å². The molecule has 1 aliphatic carbocycles. The van der Waals surface area contributed by atoms with Gasteiger partial charge in [-0.3, -0.25) is 9.59 Å². The van der Waals surface area contributed by atoms with Crippen LogP contribution in [0.4, 0.5) is 5.69 Å². The first kappa shape index (κ1) is 25.2. The monoisotopic (exact) mass is 496 g/mol. The zero-order valence-electron chi connectivity index (χ0n) is 20.3. The van der Waals surface area contributed by atoms with E-state index in [1.54, 1.807) is 0 Å². The van der Waals surface area contributed by atoms with Gasteiger partial charge in [0, 0.05) is 16.7 Å². The van der Waals surface area contributed by atoms with E-state index in [4.69, 9.17) is 0 Å². The highest BCUT2D eigenvalue weighted by Crippen LogP contribution is 2.42. The summed E-state index contributed by atoms with van der Waals surface area (Å²) >= 11 is 3.59. The first-order chi connectivity index (χ1) is 16.5. The highest BCUT2D eigenvalue weighted by Gasteiger charge is 2.39. The van der Waals surface area contributed by atoms with E-state index in [0.717, 1.165) is 33.6 Å². The second-order valence-corrected chi connectivity index (χ2v) is 12.1. The van der Waals surface area contributed by atoms with Crippen molar-refractivity contribution in [1.82, 2.24) is 5.32 Å². The summed E-state index contributed by atoms with van der Waals surface area (Å²) in [5, 5.41) is 3.48. The molecular formula is C28H36N2O2S2. The number of fused-ring (bicyclic) bond motifs is 1. The Hall–Kier alpha value is -1.92. The normalized spacial score (nSPS) is 19.5. The molecule has 0 bridgehead atoms. The molecule has 0 spiro atoms. The highest BCUT2D eigenvalue weighted by atomic mass is 32.2. The van der Waals surface area contributed by atoms with E-state index in [0.29, 0.717) is 13.1 Å². The fourth-order valence-corrected chi connectivity index (χ4v) is 7.25. The van der Waals surface area contributed by atoms with E-state index in [9.17, 15) is 9.59 Å². The molecule has 2 amide bonds. The maximum atomic E-state index is 13.6. The van der Waals surface area contributed by atoms with Gasteiger partial charge in [0.2, 0.25) is 11.8 Å². The van der Waals surface area contributed by atoms with Crippen molar-refractivity contribution in [1.29, 1.82) is 0 Å². The minimum Gasteiger partial charge on any atom is -0.356 e. The van der Waals surface area contributed by atoms with Gasteiger partial charge < -0.3 is 10.2 Å². The first-order valence-corrected chi connectivity index (χ1v) is 14.5. The third-order valence-corrected chi connectivity index (χ3v) is 9.70. The quantitative estimate of drug-likeness (QED) is 0.419. The van der Waals surface area contributed by atoms with Gasteiger partial charge in [-0.05, 0) is 49.6 Å². The largest absolute Gasteiger partial charge is 0.356 e. The number of aryl methyl sites for hydroxylation is 1. The van der Waals surface area contributed by atoms with Gasteiger partial charge in [-0.25, -0.2) is 0 Å². The van der Waals surface area contributed by atoms with Crippen molar-refractivity contribution in [2.45, 2.75) is 74.3 Å². The Kier molecular flexibility index (Phi) is 9.01. The van der Waals surface area contributed by atoms with E-state index in [1.165, 1.54) is 49.4 Å². The minimum atomic E-state index is -0.419. The molecule has 6 heteroatoms. The molecule has 2 aromatic carbocycles. The Morgan fingerprint density at radius 1 is 1.12 bits per heavy atom. The maximum absolute atomic E-state index is 13.6. The lowest BCUT2D eigenvalue weighted by Crippen LogP contribution is -2.47. The summed E-state index contributed by atoms with van der Waals surface area (Å²) in [4.78, 5) is 29.5. The predicted molar refractivity (Wildman–Crippen MR) is 145 cm³/mol. The van der Waals surface area contributed by atoms with Crippen molar-refractivity contribution in [3.05, 3.63) is 59.7 Å². The molecule has 2 aliphatic rings. The van der Waals surface area contributed by atoms with Gasteiger partial charge in [-0.2, -0.15) is 11.8 Å². The molecule has 0 radical (unpaired) electrons. The smallest absolute Gasteiger partial charge is 0.241 e. The number of nitrogens with zero attached hydrogens (tertiary/aromatic N) is 1. The number of carbonyl (C=O) groups excluding carboxylic acids is 2. The van der Waals surface area contributed by atoms with Crippen LogP contribution in [-0.2, 0) is 16.1 Å². The standard InChI is InChI=1S/C28H36N2O2S2/c1-20-13-15-22(16-14-20)19-30-24-11-6-7-12-25(24)34-26(28(30)32)21(2)27(31)29-17-8-18-33-23-9-4-3-5-10-23/h6-7,11-16,21,23,26H,3-5,8-10,17-19H2,1-2H3,(H,29,31). The van der Waals surface area contributed by atoms with Gasteiger partial charge in [0.1, 0.15) is 5.25 Å². The summed E-state index contributed by atoms with van der Waals surface area (Å²) in [6, 6.07) is 16.3. The van der Waals surface area contributed by atoms with E-state index in [2.05, 4.69) is 54.3 Å². The molecule has 1 heterocycles. The number of nitrogens with one attached hydrogen (secondary N) is 1. The lowest BCUT2D eigenvalue weighted by Gasteiger charge is -2.35. The highest BCUT2D eigenvalue weighted by molar-refractivity contribution is 8.01. The van der Waals surface area contributed by atoms with Crippen LogP contribution in [0.1, 0.15) is 56.6 Å². The topological polar surface area (TPSA) is 49.4 Å². The number of para-hydroxylation sites is 1. The Morgan fingerprint density at radius 3 is 2.62 bits per heavy atom. The lowest BCUT2D eigenvalue weighted by molar-refractivity contribution is -0.128. The summed E-state index contributed by atoms with van der Waals surface area (Å²) < 4.78 is 0. The number of anilines is 1. The van der Waals surface area contributed by atoms with Crippen LogP contribution < -0.4 is 10.2 Å². The van der Waals surface area contributed by atoms with Crippen molar-refractivity contribution in [2.75, 3.05) is 17.2 Å². The molecule has 2 unspecified atom stereocenters. The van der Waals surface area contributed by atoms with Crippen LogP contribution in [-0.4, -0.2) is 34.6 Å². The molecule has 182 valence electrons. The summed E-state index contributed by atoms with van der Waals surface area (Å²) in [6.45, 7) is 5.14. The molecule has 0 saturated heterocycles. The van der Waals surface area contributed by atoms with Crippen LogP contribution >= 0.6 is 23.5 Å². The fourth-order valence-electron chi connectivity index (χ4n) is 4.66. The zero-order chi connectivity index (χ0) is 23.9.